The molecule has 128 valence electrons. The van der Waals surface area contributed by atoms with Gasteiger partial charge in [-0.15, -0.1) is 0 Å². The van der Waals surface area contributed by atoms with E-state index in [1.54, 1.807) is 0 Å². The van der Waals surface area contributed by atoms with Crippen molar-refractivity contribution in [2.75, 3.05) is 0 Å². The van der Waals surface area contributed by atoms with Gasteiger partial charge in [0, 0.05) is 5.56 Å². The number of hydrogen-bond donors (Lipinski definition) is 1. The maximum atomic E-state index is 12.7. The van der Waals surface area contributed by atoms with Gasteiger partial charge in [0.05, 0.1) is 10.0 Å². The SMILES string of the molecule is N#Cc1[nH]n(-c2c(Cl)cc(C(F)F)cc2Cl)c(=O)c1SC(F)(F)F. The molecule has 0 atom stereocenters. The van der Waals surface area contributed by atoms with Gasteiger partial charge in [-0.3, -0.25) is 9.89 Å². The topological polar surface area (TPSA) is 61.6 Å². The van der Waals surface area contributed by atoms with Crippen LogP contribution < -0.4 is 5.56 Å². The lowest BCUT2D eigenvalue weighted by Gasteiger charge is -2.09. The third-order valence-electron chi connectivity index (χ3n) is 2.69. The van der Waals surface area contributed by atoms with E-state index in [9.17, 15) is 26.7 Å². The van der Waals surface area contributed by atoms with Gasteiger partial charge in [-0.1, -0.05) is 23.2 Å². The number of alkyl halides is 5. The number of halogens is 7. The Balaban J connectivity index is 2.67. The minimum absolute atomic E-state index is 0.335. The van der Waals surface area contributed by atoms with E-state index in [1.807, 2.05) is 0 Å². The molecule has 0 unspecified atom stereocenters. The van der Waals surface area contributed by atoms with Gasteiger partial charge in [0.25, 0.3) is 12.0 Å². The van der Waals surface area contributed by atoms with E-state index in [0.717, 1.165) is 12.1 Å². The summed E-state index contributed by atoms with van der Waals surface area (Å²) in [6, 6.07) is 3.06. The third kappa shape index (κ3) is 3.68. The predicted octanol–water partition coefficient (Wildman–Crippen LogP) is 4.89. The molecule has 1 aromatic heterocycles. The minimum Gasteiger partial charge on any atom is -0.280 e. The zero-order valence-corrected chi connectivity index (χ0v) is 13.4. The molecule has 0 fully saturated rings. The van der Waals surface area contributed by atoms with Crippen LogP contribution in [0, 0.1) is 11.3 Å². The number of nitrogens with zero attached hydrogens (tertiary/aromatic N) is 2. The minimum atomic E-state index is -4.81. The summed E-state index contributed by atoms with van der Waals surface area (Å²) in [5.74, 6) is 0. The zero-order chi connectivity index (χ0) is 18.2. The molecular weight excluding hydrogens is 400 g/mol. The Morgan fingerprint density at radius 3 is 2.21 bits per heavy atom. The number of H-pyrrole nitrogens is 1. The van der Waals surface area contributed by atoms with Gasteiger partial charge in [0.1, 0.15) is 16.7 Å². The fourth-order valence-corrected chi connectivity index (χ4v) is 3.07. The summed E-state index contributed by atoms with van der Waals surface area (Å²) in [5, 5.41) is 10.2. The van der Waals surface area contributed by atoms with Crippen molar-refractivity contribution in [3.8, 4) is 11.8 Å². The summed E-state index contributed by atoms with van der Waals surface area (Å²) in [7, 11) is 0. The Labute approximate surface area is 144 Å². The average Bonchev–Trinajstić information content (AvgIpc) is 2.73. The van der Waals surface area contributed by atoms with Crippen molar-refractivity contribution >= 4 is 35.0 Å². The Bertz CT molecular complexity index is 861. The molecule has 4 nitrogen and oxygen atoms in total. The van der Waals surface area contributed by atoms with Crippen LogP contribution in [0.2, 0.25) is 10.0 Å². The highest BCUT2D eigenvalue weighted by atomic mass is 35.5. The van der Waals surface area contributed by atoms with E-state index >= 15 is 0 Å². The van der Waals surface area contributed by atoms with Crippen molar-refractivity contribution < 1.29 is 22.0 Å². The average molecular weight is 404 g/mol. The monoisotopic (exact) mass is 403 g/mol. The second kappa shape index (κ2) is 6.66. The molecule has 0 amide bonds. The molecule has 0 spiro atoms. The van der Waals surface area contributed by atoms with Crippen LogP contribution in [-0.2, 0) is 0 Å². The molecule has 1 N–H and O–H groups in total. The van der Waals surface area contributed by atoms with E-state index < -0.39 is 55.5 Å². The highest BCUT2D eigenvalue weighted by Gasteiger charge is 2.34. The van der Waals surface area contributed by atoms with Crippen molar-refractivity contribution in [3.63, 3.8) is 0 Å². The maximum Gasteiger partial charge on any atom is 0.446 e. The molecule has 2 aromatic rings. The maximum absolute atomic E-state index is 12.7. The van der Waals surface area contributed by atoms with Crippen LogP contribution in [0.15, 0.2) is 21.8 Å². The fourth-order valence-electron chi connectivity index (χ4n) is 1.79. The van der Waals surface area contributed by atoms with Crippen LogP contribution in [-0.4, -0.2) is 15.3 Å². The van der Waals surface area contributed by atoms with Gasteiger partial charge < -0.3 is 0 Å². The number of aromatic amines is 1. The summed E-state index contributed by atoms with van der Waals surface area (Å²) in [6.45, 7) is 0. The van der Waals surface area contributed by atoms with Crippen molar-refractivity contribution in [2.24, 2.45) is 0 Å². The van der Waals surface area contributed by atoms with Gasteiger partial charge in [0.2, 0.25) is 0 Å². The first-order valence-electron chi connectivity index (χ1n) is 5.83. The van der Waals surface area contributed by atoms with E-state index in [1.165, 1.54) is 6.07 Å². The molecule has 24 heavy (non-hydrogen) atoms. The number of nitriles is 1. The van der Waals surface area contributed by atoms with Crippen molar-refractivity contribution in [2.45, 2.75) is 16.8 Å². The molecule has 0 saturated carbocycles. The quantitative estimate of drug-likeness (QED) is 0.585. The van der Waals surface area contributed by atoms with Gasteiger partial charge in [-0.2, -0.15) is 18.4 Å². The van der Waals surface area contributed by atoms with Crippen molar-refractivity contribution in [1.82, 2.24) is 9.78 Å². The number of benzene rings is 1. The standard InChI is InChI=1S/C12H4Cl2F5N3OS/c13-5-1-4(10(15)16)2-6(14)8(5)22-11(23)9(7(3-20)21-22)24-12(17,18)19/h1-2,10,21H. The van der Waals surface area contributed by atoms with E-state index in [-0.39, 0.29) is 5.69 Å². The molecule has 1 aromatic carbocycles. The largest absolute Gasteiger partial charge is 0.446 e. The van der Waals surface area contributed by atoms with Crippen LogP contribution >= 0.6 is 35.0 Å². The number of thioether (sulfide) groups is 1. The summed E-state index contributed by atoms with van der Waals surface area (Å²) >= 11 is 10.8. The first-order chi connectivity index (χ1) is 11.0. The fraction of sp³-hybridized carbons (Fsp3) is 0.167. The zero-order valence-electron chi connectivity index (χ0n) is 11.1. The molecular formula is C12H4Cl2F5N3OS. The van der Waals surface area contributed by atoms with Crippen LogP contribution in [0.1, 0.15) is 17.7 Å². The normalized spacial score (nSPS) is 11.8. The smallest absolute Gasteiger partial charge is 0.280 e. The lowest BCUT2D eigenvalue weighted by Crippen LogP contribution is -2.17. The molecule has 0 saturated heterocycles. The van der Waals surface area contributed by atoms with Crippen LogP contribution in [0.4, 0.5) is 22.0 Å². The molecule has 0 aliphatic rings. The molecule has 2 rings (SSSR count). The van der Waals surface area contributed by atoms with Gasteiger partial charge >= 0.3 is 5.51 Å². The first kappa shape index (κ1) is 18.6. The second-order valence-electron chi connectivity index (χ2n) is 4.25. The Hall–Kier alpha value is -1.70. The number of hydrogen-bond acceptors (Lipinski definition) is 3. The van der Waals surface area contributed by atoms with E-state index in [2.05, 4.69) is 5.10 Å². The molecule has 0 aliphatic carbocycles. The number of aromatic nitrogens is 2. The molecule has 0 bridgehead atoms. The molecule has 12 heteroatoms. The number of rotatable bonds is 3. The van der Waals surface area contributed by atoms with E-state index in [0.29, 0.717) is 4.68 Å². The summed E-state index contributed by atoms with van der Waals surface area (Å²) in [5.41, 5.74) is -7.57. The summed E-state index contributed by atoms with van der Waals surface area (Å²) < 4.78 is 63.4. The summed E-state index contributed by atoms with van der Waals surface area (Å²) in [4.78, 5) is 11.2. The third-order valence-corrected chi connectivity index (χ3v) is 4.08. The molecule has 1 heterocycles. The van der Waals surface area contributed by atoms with Crippen LogP contribution in [0.5, 0.6) is 0 Å². The lowest BCUT2D eigenvalue weighted by atomic mass is 10.2. The Kier molecular flexibility index (Phi) is 5.17. The van der Waals surface area contributed by atoms with E-state index in [4.69, 9.17) is 28.5 Å². The highest BCUT2D eigenvalue weighted by Crippen LogP contribution is 2.38. The number of nitrogens with one attached hydrogen (secondary N) is 1. The van der Waals surface area contributed by atoms with Gasteiger partial charge in [-0.25, -0.2) is 13.5 Å². The van der Waals surface area contributed by atoms with Crippen LogP contribution in [0.3, 0.4) is 0 Å². The first-order valence-corrected chi connectivity index (χ1v) is 7.40. The van der Waals surface area contributed by atoms with Crippen LogP contribution in [0.25, 0.3) is 5.69 Å². The Morgan fingerprint density at radius 2 is 1.79 bits per heavy atom. The second-order valence-corrected chi connectivity index (χ2v) is 6.14. The Morgan fingerprint density at radius 1 is 1.25 bits per heavy atom. The van der Waals surface area contributed by atoms with Crippen molar-refractivity contribution in [1.29, 1.82) is 5.26 Å². The van der Waals surface area contributed by atoms with Gasteiger partial charge in [0.15, 0.2) is 5.69 Å². The highest BCUT2D eigenvalue weighted by molar-refractivity contribution is 8.00. The predicted molar refractivity (Wildman–Crippen MR) is 78.0 cm³/mol. The summed E-state index contributed by atoms with van der Waals surface area (Å²) in [6.07, 6.45) is -2.89. The lowest BCUT2D eigenvalue weighted by molar-refractivity contribution is -0.0328. The van der Waals surface area contributed by atoms with Crippen molar-refractivity contribution in [3.05, 3.63) is 43.8 Å². The molecule has 0 radical (unpaired) electrons. The molecule has 0 aliphatic heterocycles. The van der Waals surface area contributed by atoms with Gasteiger partial charge in [-0.05, 0) is 23.9 Å².